The van der Waals surface area contributed by atoms with Gasteiger partial charge in [0, 0.05) is 6.54 Å². The van der Waals surface area contributed by atoms with Crippen molar-refractivity contribution in [2.75, 3.05) is 11.9 Å². The van der Waals surface area contributed by atoms with E-state index in [0.717, 1.165) is 34.9 Å². The Kier molecular flexibility index (Phi) is 3.10. The molecule has 0 amide bonds. The van der Waals surface area contributed by atoms with E-state index < -0.39 is 0 Å². The van der Waals surface area contributed by atoms with Gasteiger partial charge in [-0.3, -0.25) is 0 Å². The fraction of sp³-hybridized carbons (Fsp3) is 0.267. The molecule has 3 rings (SSSR count). The Morgan fingerprint density at radius 1 is 1.15 bits per heavy atom. The molecule has 0 saturated carbocycles. The smallest absolute Gasteiger partial charge is 0.168 e. The summed E-state index contributed by atoms with van der Waals surface area (Å²) < 4.78 is 1.88. The summed E-state index contributed by atoms with van der Waals surface area (Å²) in [5.41, 5.74) is 3.05. The fourth-order valence-electron chi connectivity index (χ4n) is 2.30. The molecule has 1 N–H and O–H groups in total. The van der Waals surface area contributed by atoms with E-state index in [0.29, 0.717) is 0 Å². The molecular formula is C15H17N5. The molecule has 5 nitrogen and oxygen atoms in total. The summed E-state index contributed by atoms with van der Waals surface area (Å²) in [5, 5.41) is 8.70. The molecule has 0 aliphatic rings. The average molecular weight is 267 g/mol. The number of fused-ring (bicyclic) bond motifs is 1. The Hall–Kier alpha value is -2.43. The van der Waals surface area contributed by atoms with Crippen molar-refractivity contribution in [2.45, 2.75) is 20.8 Å². The normalized spacial score (nSPS) is 10.9. The standard InChI is InChI=1S/C15H17N5/c1-4-16-14-12-9-17-20(15(12)19-11(3)18-14)13-8-6-5-7-10(13)2/h5-9H,4H2,1-3H3,(H,16,18,19). The van der Waals surface area contributed by atoms with E-state index >= 15 is 0 Å². The van der Waals surface area contributed by atoms with Gasteiger partial charge in [0.15, 0.2) is 5.65 Å². The van der Waals surface area contributed by atoms with Gasteiger partial charge < -0.3 is 5.32 Å². The summed E-state index contributed by atoms with van der Waals surface area (Å²) in [6.07, 6.45) is 1.82. The number of anilines is 1. The largest absolute Gasteiger partial charge is 0.370 e. The van der Waals surface area contributed by atoms with E-state index in [1.165, 1.54) is 5.56 Å². The van der Waals surface area contributed by atoms with Crippen LogP contribution in [-0.4, -0.2) is 26.3 Å². The molecular weight excluding hydrogens is 250 g/mol. The number of nitrogens with zero attached hydrogens (tertiary/aromatic N) is 4. The van der Waals surface area contributed by atoms with Crippen molar-refractivity contribution in [3.05, 3.63) is 41.9 Å². The van der Waals surface area contributed by atoms with Crippen molar-refractivity contribution < 1.29 is 0 Å². The molecule has 0 saturated heterocycles. The highest BCUT2D eigenvalue weighted by Crippen LogP contribution is 2.23. The number of aryl methyl sites for hydroxylation is 2. The van der Waals surface area contributed by atoms with Crippen molar-refractivity contribution in [1.29, 1.82) is 0 Å². The Morgan fingerprint density at radius 2 is 1.95 bits per heavy atom. The van der Waals surface area contributed by atoms with E-state index in [-0.39, 0.29) is 0 Å². The van der Waals surface area contributed by atoms with Crippen LogP contribution < -0.4 is 5.32 Å². The molecule has 0 fully saturated rings. The van der Waals surface area contributed by atoms with Gasteiger partial charge in [-0.1, -0.05) is 18.2 Å². The first-order chi connectivity index (χ1) is 9.70. The van der Waals surface area contributed by atoms with Crippen LogP contribution in [0.3, 0.4) is 0 Å². The van der Waals surface area contributed by atoms with Crippen LogP contribution in [0, 0.1) is 13.8 Å². The van der Waals surface area contributed by atoms with E-state index in [9.17, 15) is 0 Å². The van der Waals surface area contributed by atoms with Crippen molar-refractivity contribution in [2.24, 2.45) is 0 Å². The Bertz CT molecular complexity index is 760. The lowest BCUT2D eigenvalue weighted by Crippen LogP contribution is -2.04. The Morgan fingerprint density at radius 3 is 2.70 bits per heavy atom. The monoisotopic (exact) mass is 267 g/mol. The van der Waals surface area contributed by atoms with Gasteiger partial charge in [0.2, 0.25) is 0 Å². The van der Waals surface area contributed by atoms with Crippen molar-refractivity contribution in [3.63, 3.8) is 0 Å². The lowest BCUT2D eigenvalue weighted by molar-refractivity contribution is 0.882. The molecule has 0 radical (unpaired) electrons. The molecule has 0 aliphatic heterocycles. The van der Waals surface area contributed by atoms with Crippen LogP contribution >= 0.6 is 0 Å². The van der Waals surface area contributed by atoms with Gasteiger partial charge in [0.25, 0.3) is 0 Å². The zero-order valence-electron chi connectivity index (χ0n) is 11.9. The highest BCUT2D eigenvalue weighted by Gasteiger charge is 2.13. The summed E-state index contributed by atoms with van der Waals surface area (Å²) in [4.78, 5) is 8.99. The second-order valence-corrected chi connectivity index (χ2v) is 4.73. The van der Waals surface area contributed by atoms with Gasteiger partial charge in [-0.15, -0.1) is 0 Å². The molecule has 20 heavy (non-hydrogen) atoms. The molecule has 1 aromatic carbocycles. The second-order valence-electron chi connectivity index (χ2n) is 4.73. The second kappa shape index (κ2) is 4.92. The zero-order chi connectivity index (χ0) is 14.1. The predicted molar refractivity (Wildman–Crippen MR) is 80.3 cm³/mol. The van der Waals surface area contributed by atoms with Crippen LogP contribution in [0.1, 0.15) is 18.3 Å². The van der Waals surface area contributed by atoms with Crippen LogP contribution in [0.15, 0.2) is 30.5 Å². The number of para-hydroxylation sites is 1. The topological polar surface area (TPSA) is 55.6 Å². The summed E-state index contributed by atoms with van der Waals surface area (Å²) in [5.74, 6) is 1.58. The maximum absolute atomic E-state index is 4.55. The van der Waals surface area contributed by atoms with Crippen LogP contribution in [-0.2, 0) is 0 Å². The van der Waals surface area contributed by atoms with Crippen molar-refractivity contribution in [1.82, 2.24) is 19.7 Å². The summed E-state index contributed by atoms with van der Waals surface area (Å²) >= 11 is 0. The number of benzene rings is 1. The minimum absolute atomic E-state index is 0.740. The number of hydrogen-bond donors (Lipinski definition) is 1. The summed E-state index contributed by atoms with van der Waals surface area (Å²) in [7, 11) is 0. The van der Waals surface area contributed by atoms with E-state index in [1.807, 2.05) is 36.0 Å². The van der Waals surface area contributed by atoms with Gasteiger partial charge >= 0.3 is 0 Å². The maximum atomic E-state index is 4.55. The first-order valence-corrected chi connectivity index (χ1v) is 6.73. The predicted octanol–water partition coefficient (Wildman–Crippen LogP) is 2.86. The third kappa shape index (κ3) is 2.01. The zero-order valence-corrected chi connectivity index (χ0v) is 11.9. The SMILES string of the molecule is CCNc1nc(C)nc2c1cnn2-c1ccccc1C. The minimum atomic E-state index is 0.740. The van der Waals surface area contributed by atoms with E-state index in [1.54, 1.807) is 0 Å². The number of aromatic nitrogens is 4. The van der Waals surface area contributed by atoms with Gasteiger partial charge in [0.1, 0.15) is 11.6 Å². The molecule has 0 spiro atoms. The summed E-state index contributed by atoms with van der Waals surface area (Å²) in [6.45, 7) is 6.84. The lowest BCUT2D eigenvalue weighted by atomic mass is 10.2. The van der Waals surface area contributed by atoms with Crippen molar-refractivity contribution >= 4 is 16.9 Å². The first-order valence-electron chi connectivity index (χ1n) is 6.73. The molecule has 0 atom stereocenters. The van der Waals surface area contributed by atoms with Crippen LogP contribution in [0.5, 0.6) is 0 Å². The third-order valence-corrected chi connectivity index (χ3v) is 3.23. The number of hydrogen-bond acceptors (Lipinski definition) is 4. The molecule has 2 heterocycles. The van der Waals surface area contributed by atoms with E-state index in [4.69, 9.17) is 0 Å². The highest BCUT2D eigenvalue weighted by molar-refractivity contribution is 5.87. The number of nitrogens with one attached hydrogen (secondary N) is 1. The molecule has 3 aromatic rings. The molecule has 0 bridgehead atoms. The fourth-order valence-corrected chi connectivity index (χ4v) is 2.30. The first kappa shape index (κ1) is 12.6. The van der Waals surface area contributed by atoms with Gasteiger partial charge in [-0.05, 0) is 32.4 Å². The third-order valence-electron chi connectivity index (χ3n) is 3.23. The molecule has 102 valence electrons. The molecule has 0 aliphatic carbocycles. The lowest BCUT2D eigenvalue weighted by Gasteiger charge is -2.08. The highest BCUT2D eigenvalue weighted by atomic mass is 15.3. The number of rotatable bonds is 3. The minimum Gasteiger partial charge on any atom is -0.370 e. The molecule has 5 heteroatoms. The average Bonchev–Trinajstić information content (AvgIpc) is 2.83. The van der Waals surface area contributed by atoms with Crippen LogP contribution in [0.25, 0.3) is 16.7 Å². The van der Waals surface area contributed by atoms with Gasteiger partial charge in [-0.2, -0.15) is 5.10 Å². The van der Waals surface area contributed by atoms with Crippen LogP contribution in [0.2, 0.25) is 0 Å². The van der Waals surface area contributed by atoms with Crippen molar-refractivity contribution in [3.8, 4) is 5.69 Å². The summed E-state index contributed by atoms with van der Waals surface area (Å²) in [6, 6.07) is 8.15. The Labute approximate surface area is 117 Å². The molecule has 0 unspecified atom stereocenters. The van der Waals surface area contributed by atoms with Gasteiger partial charge in [-0.25, -0.2) is 14.6 Å². The van der Waals surface area contributed by atoms with E-state index in [2.05, 4.69) is 40.3 Å². The quantitative estimate of drug-likeness (QED) is 0.792. The van der Waals surface area contributed by atoms with Gasteiger partial charge in [0.05, 0.1) is 17.3 Å². The molecule has 2 aromatic heterocycles. The Balaban J connectivity index is 2.26. The maximum Gasteiger partial charge on any atom is 0.168 e. The van der Waals surface area contributed by atoms with Crippen LogP contribution in [0.4, 0.5) is 5.82 Å².